The Balaban J connectivity index is 1.99. The van der Waals surface area contributed by atoms with E-state index in [0.717, 1.165) is 0 Å². The number of rotatable bonds is 7. The van der Waals surface area contributed by atoms with E-state index in [2.05, 4.69) is 10.2 Å². The van der Waals surface area contributed by atoms with Gasteiger partial charge in [0.15, 0.2) is 11.6 Å². The summed E-state index contributed by atoms with van der Waals surface area (Å²) in [5.74, 6) is -5.54. The van der Waals surface area contributed by atoms with Crippen molar-refractivity contribution in [3.63, 3.8) is 0 Å². The lowest BCUT2D eigenvalue weighted by molar-refractivity contribution is -0.144. The first-order valence-electron chi connectivity index (χ1n) is 8.16. The highest BCUT2D eigenvalue weighted by molar-refractivity contribution is 5.76. The van der Waals surface area contributed by atoms with Gasteiger partial charge in [0.25, 0.3) is 0 Å². The molecular formula is C16H17F6N5O. The normalized spacial score (nSPS) is 12.9. The lowest BCUT2D eigenvalue weighted by Gasteiger charge is -2.21. The van der Waals surface area contributed by atoms with Crippen LogP contribution < -0.4 is 5.73 Å². The first-order chi connectivity index (χ1) is 13.0. The third-order valence-electron chi connectivity index (χ3n) is 3.89. The van der Waals surface area contributed by atoms with Gasteiger partial charge < -0.3 is 15.6 Å². The number of amides is 1. The van der Waals surface area contributed by atoms with Gasteiger partial charge in [-0.1, -0.05) is 0 Å². The smallest absolute Gasteiger partial charge is 0.335 e. The van der Waals surface area contributed by atoms with Crippen molar-refractivity contribution in [3.05, 3.63) is 46.8 Å². The molecule has 2 aromatic rings. The van der Waals surface area contributed by atoms with Crippen molar-refractivity contribution in [3.8, 4) is 0 Å². The van der Waals surface area contributed by atoms with E-state index in [9.17, 15) is 31.1 Å². The van der Waals surface area contributed by atoms with Gasteiger partial charge in [0, 0.05) is 25.1 Å². The van der Waals surface area contributed by atoms with Gasteiger partial charge in [0.1, 0.15) is 11.6 Å². The first-order valence-corrected chi connectivity index (χ1v) is 8.16. The number of hydrogen-bond acceptors (Lipinski definition) is 4. The summed E-state index contributed by atoms with van der Waals surface area (Å²) < 4.78 is 77.4. The van der Waals surface area contributed by atoms with Gasteiger partial charge >= 0.3 is 6.18 Å². The molecule has 6 nitrogen and oxygen atoms in total. The van der Waals surface area contributed by atoms with Gasteiger partial charge in [-0.05, 0) is 25.0 Å². The zero-order chi connectivity index (χ0) is 21.1. The Morgan fingerprint density at radius 3 is 2.39 bits per heavy atom. The molecule has 0 saturated heterocycles. The third-order valence-corrected chi connectivity index (χ3v) is 3.89. The lowest BCUT2D eigenvalue weighted by atomic mass is 10.0. The summed E-state index contributed by atoms with van der Waals surface area (Å²) in [4.78, 5) is 15.5. The standard InChI is InChI=1S/C16H17F6N5O/c1-2-27(7-13-24-15(26-25-13)16(20,21)22)14(28)5-9(23)3-8-4-11(18)12(19)6-10(8)17/h4,6,9H,2-3,5,7,23H2,1H3,(H,24,25,26)/t9-/m1/s1. The van der Waals surface area contributed by atoms with E-state index >= 15 is 0 Å². The molecule has 0 radical (unpaired) electrons. The summed E-state index contributed by atoms with van der Waals surface area (Å²) in [6.45, 7) is 1.48. The number of carbonyl (C=O) groups excluding carboxylic acids is 1. The molecule has 28 heavy (non-hydrogen) atoms. The molecule has 1 aromatic carbocycles. The van der Waals surface area contributed by atoms with Crippen LogP contribution in [0.25, 0.3) is 0 Å². The second-order valence-electron chi connectivity index (χ2n) is 6.05. The van der Waals surface area contributed by atoms with E-state index in [4.69, 9.17) is 5.73 Å². The van der Waals surface area contributed by atoms with Crippen molar-refractivity contribution in [2.75, 3.05) is 6.54 Å². The summed E-state index contributed by atoms with van der Waals surface area (Å²) in [6, 6.07) is 0.140. The molecule has 0 saturated carbocycles. The van der Waals surface area contributed by atoms with Crippen LogP contribution in [0.3, 0.4) is 0 Å². The molecule has 0 aliphatic carbocycles. The maximum Gasteiger partial charge on any atom is 0.451 e. The monoisotopic (exact) mass is 409 g/mol. The first kappa shape index (κ1) is 21.7. The second-order valence-corrected chi connectivity index (χ2v) is 6.05. The largest absolute Gasteiger partial charge is 0.451 e. The summed E-state index contributed by atoms with van der Waals surface area (Å²) >= 11 is 0. The number of halogens is 6. The minimum atomic E-state index is -4.69. The van der Waals surface area contributed by atoms with E-state index in [-0.39, 0.29) is 37.3 Å². The van der Waals surface area contributed by atoms with Crippen LogP contribution in [0, 0.1) is 17.5 Å². The van der Waals surface area contributed by atoms with Gasteiger partial charge in [-0.25, -0.2) is 13.2 Å². The summed E-state index contributed by atoms with van der Waals surface area (Å²) in [5.41, 5.74) is 5.61. The number of hydrogen-bond donors (Lipinski definition) is 2. The van der Waals surface area contributed by atoms with E-state index in [1.54, 1.807) is 6.92 Å². The lowest BCUT2D eigenvalue weighted by Crippen LogP contribution is -2.36. The van der Waals surface area contributed by atoms with Crippen LogP contribution in [0.15, 0.2) is 12.1 Å². The highest BCUT2D eigenvalue weighted by atomic mass is 19.4. The molecule has 1 heterocycles. The van der Waals surface area contributed by atoms with Crippen LogP contribution >= 0.6 is 0 Å². The van der Waals surface area contributed by atoms with Gasteiger partial charge in [-0.2, -0.15) is 13.2 Å². The van der Waals surface area contributed by atoms with Crippen molar-refractivity contribution in [1.82, 2.24) is 20.1 Å². The molecule has 2 rings (SSSR count). The Morgan fingerprint density at radius 2 is 1.82 bits per heavy atom. The van der Waals surface area contributed by atoms with Crippen LogP contribution in [-0.4, -0.2) is 38.6 Å². The Morgan fingerprint density at radius 1 is 1.18 bits per heavy atom. The van der Waals surface area contributed by atoms with Crippen LogP contribution in [-0.2, 0) is 23.9 Å². The molecule has 1 aromatic heterocycles. The Hall–Kier alpha value is -2.63. The third kappa shape index (κ3) is 5.44. The van der Waals surface area contributed by atoms with E-state index in [1.807, 2.05) is 4.98 Å². The molecule has 1 amide bonds. The van der Waals surface area contributed by atoms with E-state index < -0.39 is 41.4 Å². The number of aromatic amines is 1. The Kier molecular flexibility index (Phi) is 6.65. The van der Waals surface area contributed by atoms with Crippen molar-refractivity contribution in [2.24, 2.45) is 5.73 Å². The fourth-order valence-corrected chi connectivity index (χ4v) is 2.48. The van der Waals surface area contributed by atoms with Crippen LogP contribution in [0.5, 0.6) is 0 Å². The molecule has 12 heteroatoms. The van der Waals surface area contributed by atoms with Gasteiger partial charge in [0.05, 0.1) is 6.54 Å². The SMILES string of the molecule is CCN(Cc1nnc(C(F)(F)F)[nH]1)C(=O)C[C@H](N)Cc1cc(F)c(F)cc1F. The molecule has 0 unspecified atom stereocenters. The maximum atomic E-state index is 13.7. The Bertz CT molecular complexity index is 837. The number of benzene rings is 1. The molecule has 0 bridgehead atoms. The number of nitrogens with one attached hydrogen (secondary N) is 1. The molecule has 1 atom stereocenters. The van der Waals surface area contributed by atoms with Crippen molar-refractivity contribution < 1.29 is 31.1 Å². The van der Waals surface area contributed by atoms with Crippen LogP contribution in [0.4, 0.5) is 26.3 Å². The molecule has 3 N–H and O–H groups in total. The Labute approximate surface area is 155 Å². The minimum Gasteiger partial charge on any atom is -0.335 e. The molecule has 0 spiro atoms. The maximum absolute atomic E-state index is 13.7. The van der Waals surface area contributed by atoms with Gasteiger partial charge in [-0.15, -0.1) is 10.2 Å². The highest BCUT2D eigenvalue weighted by Gasteiger charge is 2.35. The fraction of sp³-hybridized carbons (Fsp3) is 0.438. The van der Waals surface area contributed by atoms with Gasteiger partial charge in [0.2, 0.25) is 11.7 Å². The van der Waals surface area contributed by atoms with E-state index in [1.165, 1.54) is 4.90 Å². The van der Waals surface area contributed by atoms with Crippen molar-refractivity contribution in [2.45, 2.75) is 38.5 Å². The number of carbonyl (C=O) groups is 1. The zero-order valence-electron chi connectivity index (χ0n) is 14.7. The highest BCUT2D eigenvalue weighted by Crippen LogP contribution is 2.25. The summed E-state index contributed by atoms with van der Waals surface area (Å²) in [5, 5.41) is 6.33. The second kappa shape index (κ2) is 8.59. The molecule has 0 fully saturated rings. The topological polar surface area (TPSA) is 87.9 Å². The number of H-pyrrole nitrogens is 1. The molecule has 0 aliphatic rings. The van der Waals surface area contributed by atoms with Crippen molar-refractivity contribution >= 4 is 5.91 Å². The molecule has 0 aliphatic heterocycles. The predicted molar refractivity (Wildman–Crippen MR) is 85.1 cm³/mol. The van der Waals surface area contributed by atoms with Crippen LogP contribution in [0.2, 0.25) is 0 Å². The number of nitrogens with zero attached hydrogens (tertiary/aromatic N) is 3. The number of nitrogens with two attached hydrogens (primary N) is 1. The quantitative estimate of drug-likeness (QED) is 0.544. The van der Waals surface area contributed by atoms with Crippen LogP contribution in [0.1, 0.15) is 30.6 Å². The average Bonchev–Trinajstić information content (AvgIpc) is 3.06. The average molecular weight is 409 g/mol. The van der Waals surface area contributed by atoms with E-state index in [0.29, 0.717) is 12.1 Å². The summed E-state index contributed by atoms with van der Waals surface area (Å²) in [6.07, 6.45) is -5.21. The minimum absolute atomic E-state index is 0.146. The number of aromatic nitrogens is 3. The summed E-state index contributed by atoms with van der Waals surface area (Å²) in [7, 11) is 0. The zero-order valence-corrected chi connectivity index (χ0v) is 14.7. The fourth-order valence-electron chi connectivity index (χ4n) is 2.48. The number of alkyl halides is 3. The molecular weight excluding hydrogens is 392 g/mol. The van der Waals surface area contributed by atoms with Crippen molar-refractivity contribution in [1.29, 1.82) is 0 Å². The molecule has 154 valence electrons. The predicted octanol–water partition coefficient (Wildman–Crippen LogP) is 2.55. The van der Waals surface area contributed by atoms with Gasteiger partial charge in [-0.3, -0.25) is 4.79 Å².